The molecule has 0 spiro atoms. The zero-order valence-electron chi connectivity index (χ0n) is 13.0. The van der Waals surface area contributed by atoms with E-state index in [1.807, 2.05) is 6.07 Å². The third-order valence-corrected chi connectivity index (χ3v) is 3.35. The van der Waals surface area contributed by atoms with Crippen molar-refractivity contribution in [1.29, 1.82) is 0 Å². The van der Waals surface area contributed by atoms with Crippen LogP contribution in [-0.2, 0) is 22.7 Å². The lowest BCUT2D eigenvalue weighted by Crippen LogP contribution is -2.37. The SMILES string of the molecule is Cc1nc([N+](=O)[O-])cn1CC(=O)N(CC(=O)O)Cc1ccccc1. The second-order valence-electron chi connectivity index (χ2n) is 5.16. The predicted molar refractivity (Wildman–Crippen MR) is 83.1 cm³/mol. The molecule has 1 N–H and O–H groups in total. The van der Waals surface area contributed by atoms with Crippen molar-refractivity contribution in [3.8, 4) is 0 Å². The number of aryl methyl sites for hydroxylation is 1. The average molecular weight is 332 g/mol. The van der Waals surface area contributed by atoms with Crippen LogP contribution in [0.4, 0.5) is 5.82 Å². The maximum absolute atomic E-state index is 12.4. The van der Waals surface area contributed by atoms with E-state index in [9.17, 15) is 19.7 Å². The Bertz CT molecular complexity index is 756. The summed E-state index contributed by atoms with van der Waals surface area (Å²) in [6.07, 6.45) is 1.16. The molecule has 0 aliphatic rings. The molecule has 1 amide bonds. The van der Waals surface area contributed by atoms with Crippen molar-refractivity contribution in [2.45, 2.75) is 20.0 Å². The molecule has 0 unspecified atom stereocenters. The zero-order chi connectivity index (χ0) is 17.7. The first-order chi connectivity index (χ1) is 11.4. The summed E-state index contributed by atoms with van der Waals surface area (Å²) in [6.45, 7) is 1.01. The minimum absolute atomic E-state index is 0.141. The number of nitrogens with zero attached hydrogens (tertiary/aromatic N) is 4. The molecule has 0 saturated heterocycles. The van der Waals surface area contributed by atoms with E-state index in [0.717, 1.165) is 11.8 Å². The number of carboxylic acid groups (broad SMARTS) is 1. The number of carbonyl (C=O) groups excluding carboxylic acids is 1. The van der Waals surface area contributed by atoms with E-state index in [2.05, 4.69) is 4.98 Å². The first-order valence-electron chi connectivity index (χ1n) is 7.08. The van der Waals surface area contributed by atoms with Gasteiger partial charge < -0.3 is 20.1 Å². The summed E-state index contributed by atoms with van der Waals surface area (Å²) in [5.41, 5.74) is 0.792. The van der Waals surface area contributed by atoms with Crippen LogP contribution in [0, 0.1) is 17.0 Å². The molecular weight excluding hydrogens is 316 g/mol. The number of aliphatic carboxylic acids is 1. The maximum atomic E-state index is 12.4. The van der Waals surface area contributed by atoms with Gasteiger partial charge in [-0.1, -0.05) is 30.3 Å². The van der Waals surface area contributed by atoms with Crippen molar-refractivity contribution in [2.75, 3.05) is 6.54 Å². The Morgan fingerprint density at radius 2 is 2.00 bits per heavy atom. The summed E-state index contributed by atoms with van der Waals surface area (Å²) in [7, 11) is 0. The van der Waals surface area contributed by atoms with Gasteiger partial charge in [0.15, 0.2) is 0 Å². The predicted octanol–water partition coefficient (Wildman–Crippen LogP) is 1.21. The number of rotatable bonds is 7. The minimum Gasteiger partial charge on any atom is -0.480 e. The molecule has 0 fully saturated rings. The first kappa shape index (κ1) is 17.1. The van der Waals surface area contributed by atoms with Gasteiger partial charge >= 0.3 is 11.8 Å². The Labute approximate surface area is 137 Å². The van der Waals surface area contributed by atoms with Crippen LogP contribution in [0.1, 0.15) is 11.4 Å². The van der Waals surface area contributed by atoms with Gasteiger partial charge in [0.1, 0.15) is 19.3 Å². The highest BCUT2D eigenvalue weighted by Gasteiger charge is 2.21. The van der Waals surface area contributed by atoms with E-state index in [1.54, 1.807) is 31.2 Å². The van der Waals surface area contributed by atoms with Crippen molar-refractivity contribution >= 4 is 17.7 Å². The van der Waals surface area contributed by atoms with E-state index in [0.29, 0.717) is 5.82 Å². The van der Waals surface area contributed by atoms with Crippen LogP contribution >= 0.6 is 0 Å². The summed E-state index contributed by atoms with van der Waals surface area (Å²) >= 11 is 0. The third-order valence-electron chi connectivity index (χ3n) is 3.35. The number of carbonyl (C=O) groups is 2. The summed E-state index contributed by atoms with van der Waals surface area (Å²) in [4.78, 5) is 38.5. The van der Waals surface area contributed by atoms with E-state index in [1.165, 1.54) is 9.47 Å². The molecule has 0 bridgehead atoms. The summed E-state index contributed by atoms with van der Waals surface area (Å²) < 4.78 is 1.33. The van der Waals surface area contributed by atoms with Crippen LogP contribution in [0.3, 0.4) is 0 Å². The molecule has 24 heavy (non-hydrogen) atoms. The second-order valence-corrected chi connectivity index (χ2v) is 5.16. The topological polar surface area (TPSA) is 119 Å². The molecule has 0 radical (unpaired) electrons. The normalized spacial score (nSPS) is 10.4. The first-order valence-corrected chi connectivity index (χ1v) is 7.08. The monoisotopic (exact) mass is 332 g/mol. The number of hydrogen-bond acceptors (Lipinski definition) is 5. The highest BCUT2D eigenvalue weighted by molar-refractivity contribution is 5.81. The molecule has 2 rings (SSSR count). The quantitative estimate of drug-likeness (QED) is 0.601. The average Bonchev–Trinajstić information content (AvgIpc) is 2.88. The molecule has 0 aliphatic heterocycles. The fourth-order valence-electron chi connectivity index (χ4n) is 2.18. The smallest absolute Gasteiger partial charge is 0.381 e. The van der Waals surface area contributed by atoms with Crippen LogP contribution in [0.5, 0.6) is 0 Å². The standard InChI is InChI=1S/C15H16N4O5/c1-11-16-13(19(23)24)8-17(11)9-14(20)18(10-15(21)22)7-12-5-3-2-4-6-12/h2-6,8H,7,9-10H2,1H3,(H,21,22). The molecule has 1 aromatic heterocycles. The van der Waals surface area contributed by atoms with Gasteiger partial charge in [-0.05, 0) is 15.5 Å². The van der Waals surface area contributed by atoms with E-state index in [4.69, 9.17) is 5.11 Å². The molecule has 0 aliphatic carbocycles. The Hall–Kier alpha value is -3.23. The molecule has 1 aromatic carbocycles. The maximum Gasteiger partial charge on any atom is 0.381 e. The molecule has 9 heteroatoms. The summed E-state index contributed by atoms with van der Waals surface area (Å²) in [5.74, 6) is -1.64. The van der Waals surface area contributed by atoms with E-state index < -0.39 is 23.3 Å². The van der Waals surface area contributed by atoms with E-state index >= 15 is 0 Å². The zero-order valence-corrected chi connectivity index (χ0v) is 13.0. The Kier molecular flexibility index (Phi) is 5.25. The lowest BCUT2D eigenvalue weighted by molar-refractivity contribution is -0.389. The van der Waals surface area contributed by atoms with Gasteiger partial charge in [-0.3, -0.25) is 14.2 Å². The molecule has 2 aromatic rings. The largest absolute Gasteiger partial charge is 0.480 e. The number of nitro groups is 1. The second kappa shape index (κ2) is 7.36. The van der Waals surface area contributed by atoms with Gasteiger partial charge in [0.05, 0.1) is 0 Å². The van der Waals surface area contributed by atoms with Crippen molar-refractivity contribution in [3.63, 3.8) is 0 Å². The number of hydrogen-bond donors (Lipinski definition) is 1. The summed E-state index contributed by atoms with van der Waals surface area (Å²) in [5, 5.41) is 19.7. The molecule has 9 nitrogen and oxygen atoms in total. The van der Waals surface area contributed by atoms with Gasteiger partial charge in [-0.15, -0.1) is 0 Å². The van der Waals surface area contributed by atoms with Crippen molar-refractivity contribution in [3.05, 3.63) is 58.0 Å². The number of benzene rings is 1. The van der Waals surface area contributed by atoms with Crippen molar-refractivity contribution in [1.82, 2.24) is 14.5 Å². The Balaban J connectivity index is 2.15. The van der Waals surface area contributed by atoms with Crippen LogP contribution in [0.15, 0.2) is 36.5 Å². The van der Waals surface area contributed by atoms with E-state index in [-0.39, 0.29) is 18.9 Å². The van der Waals surface area contributed by atoms with Crippen molar-refractivity contribution < 1.29 is 19.6 Å². The van der Waals surface area contributed by atoms with Gasteiger partial charge in [-0.2, -0.15) is 0 Å². The van der Waals surface area contributed by atoms with Gasteiger partial charge in [0.2, 0.25) is 11.7 Å². The molecule has 126 valence electrons. The number of imidazole rings is 1. The lowest BCUT2D eigenvalue weighted by atomic mass is 10.2. The Morgan fingerprint density at radius 1 is 1.33 bits per heavy atom. The van der Waals surface area contributed by atoms with Crippen LogP contribution in [-0.4, -0.2) is 42.9 Å². The Morgan fingerprint density at radius 3 is 2.54 bits per heavy atom. The fourth-order valence-corrected chi connectivity index (χ4v) is 2.18. The van der Waals surface area contributed by atoms with Crippen LogP contribution in [0.25, 0.3) is 0 Å². The molecule has 1 heterocycles. The highest BCUT2D eigenvalue weighted by Crippen LogP contribution is 2.12. The van der Waals surface area contributed by atoms with Crippen molar-refractivity contribution in [2.24, 2.45) is 0 Å². The van der Waals surface area contributed by atoms with Gasteiger partial charge in [-0.25, -0.2) is 0 Å². The van der Waals surface area contributed by atoms with Crippen LogP contribution < -0.4 is 0 Å². The lowest BCUT2D eigenvalue weighted by Gasteiger charge is -2.21. The minimum atomic E-state index is -1.13. The highest BCUT2D eigenvalue weighted by atomic mass is 16.6. The molecular formula is C15H16N4O5. The van der Waals surface area contributed by atoms with Crippen LogP contribution in [0.2, 0.25) is 0 Å². The fraction of sp³-hybridized carbons (Fsp3) is 0.267. The summed E-state index contributed by atoms with van der Waals surface area (Å²) in [6, 6.07) is 8.98. The van der Waals surface area contributed by atoms with Gasteiger partial charge in [0.25, 0.3) is 0 Å². The number of carboxylic acids is 1. The van der Waals surface area contributed by atoms with Gasteiger partial charge in [0, 0.05) is 13.5 Å². The number of aromatic nitrogens is 2. The number of amides is 1. The molecule has 0 saturated carbocycles. The molecule has 0 atom stereocenters. The third kappa shape index (κ3) is 4.38.